The van der Waals surface area contributed by atoms with Gasteiger partial charge in [0.2, 0.25) is 0 Å². The summed E-state index contributed by atoms with van der Waals surface area (Å²) in [6.45, 7) is 3.80. The first-order valence-electron chi connectivity index (χ1n) is 12.0. The van der Waals surface area contributed by atoms with Gasteiger partial charge in [-0.25, -0.2) is 13.1 Å². The van der Waals surface area contributed by atoms with Crippen molar-refractivity contribution in [3.05, 3.63) is 89.7 Å². The minimum atomic E-state index is -4.04. The minimum absolute atomic E-state index is 0.0587. The first-order chi connectivity index (χ1) is 18.1. The van der Waals surface area contributed by atoms with Crippen LogP contribution in [0.5, 0.6) is 5.75 Å². The lowest BCUT2D eigenvalue weighted by Crippen LogP contribution is -2.53. The molecular weight excluding hydrogens is 526 g/mol. The molecule has 2 atom stereocenters. The Morgan fingerprint density at radius 2 is 1.89 bits per heavy atom. The summed E-state index contributed by atoms with van der Waals surface area (Å²) in [7, 11) is -4.04. The Morgan fingerprint density at radius 1 is 1.11 bits per heavy atom. The van der Waals surface area contributed by atoms with Gasteiger partial charge < -0.3 is 19.7 Å². The Bertz CT molecular complexity index is 1530. The lowest BCUT2D eigenvalue weighted by atomic mass is 9.86. The molecule has 0 spiro atoms. The van der Waals surface area contributed by atoms with Crippen LogP contribution in [0, 0.1) is 0 Å². The molecule has 38 heavy (non-hydrogen) atoms. The minimum Gasteiger partial charge on any atom is -0.485 e. The van der Waals surface area contributed by atoms with Gasteiger partial charge in [0.25, 0.3) is 15.9 Å². The standard InChI is InChI=1S/C27H27N3O6S2/c1-27(2)25(31)24(30-38(33,34)23-11-10-22(37-23)20-13-15-35-29-20)19-16-18(8-9-21(19)36-27)26(32)28-14-12-17-6-4-3-5-7-17/h3-11,13,15-16,24-25,30-31H,12,14H2,1-2H3,(H,28,32)/t24-,25+/m1/s1. The van der Waals surface area contributed by atoms with Gasteiger partial charge in [0.05, 0.1) is 10.9 Å². The van der Waals surface area contributed by atoms with Gasteiger partial charge in [-0.05, 0) is 56.2 Å². The van der Waals surface area contributed by atoms with Gasteiger partial charge in [0.15, 0.2) is 0 Å². The lowest BCUT2D eigenvalue weighted by molar-refractivity contribution is -0.0603. The zero-order valence-corrected chi connectivity index (χ0v) is 22.4. The highest BCUT2D eigenvalue weighted by Gasteiger charge is 2.45. The number of aliphatic hydroxyl groups excluding tert-OH is 1. The van der Waals surface area contributed by atoms with Crippen molar-refractivity contribution < 1.29 is 27.6 Å². The van der Waals surface area contributed by atoms with Gasteiger partial charge in [0, 0.05) is 23.7 Å². The number of sulfonamides is 1. The summed E-state index contributed by atoms with van der Waals surface area (Å²) in [4.78, 5) is 13.5. The molecule has 3 heterocycles. The van der Waals surface area contributed by atoms with E-state index in [0.29, 0.717) is 40.4 Å². The number of fused-ring (bicyclic) bond motifs is 1. The molecule has 0 radical (unpaired) electrons. The third kappa shape index (κ3) is 5.37. The summed E-state index contributed by atoms with van der Waals surface area (Å²) in [6, 6.07) is 18.3. The maximum absolute atomic E-state index is 13.4. The Morgan fingerprint density at radius 3 is 2.63 bits per heavy atom. The van der Waals surface area contributed by atoms with Crippen LogP contribution in [0.2, 0.25) is 0 Å². The van der Waals surface area contributed by atoms with Crippen molar-refractivity contribution in [2.75, 3.05) is 6.54 Å². The molecule has 1 aliphatic rings. The second-order valence-electron chi connectivity index (χ2n) is 9.50. The number of aliphatic hydroxyl groups is 1. The average Bonchev–Trinajstić information content (AvgIpc) is 3.60. The summed E-state index contributed by atoms with van der Waals surface area (Å²) >= 11 is 1.03. The Labute approximate surface area is 224 Å². The molecule has 1 aliphatic heterocycles. The second kappa shape index (κ2) is 10.3. The van der Waals surface area contributed by atoms with Crippen LogP contribution in [-0.2, 0) is 16.4 Å². The van der Waals surface area contributed by atoms with Gasteiger partial charge in [-0.1, -0.05) is 35.5 Å². The van der Waals surface area contributed by atoms with Crippen molar-refractivity contribution in [2.45, 2.75) is 42.2 Å². The molecule has 0 unspecified atom stereocenters. The summed E-state index contributed by atoms with van der Waals surface area (Å²) < 4.78 is 40.3. The Hall–Kier alpha value is -3.51. The van der Waals surface area contributed by atoms with Crippen molar-refractivity contribution in [1.82, 2.24) is 15.2 Å². The number of thiophene rings is 1. The fourth-order valence-corrected chi connectivity index (χ4v) is 6.81. The van der Waals surface area contributed by atoms with Crippen LogP contribution in [0.25, 0.3) is 10.6 Å². The number of nitrogens with one attached hydrogen (secondary N) is 2. The molecule has 5 rings (SSSR count). The van der Waals surface area contributed by atoms with Crippen LogP contribution < -0.4 is 14.8 Å². The predicted molar refractivity (Wildman–Crippen MR) is 143 cm³/mol. The molecule has 2 aromatic heterocycles. The van der Waals surface area contributed by atoms with Crippen molar-refractivity contribution in [3.63, 3.8) is 0 Å². The largest absolute Gasteiger partial charge is 0.485 e. The topological polar surface area (TPSA) is 131 Å². The van der Waals surface area contributed by atoms with Gasteiger partial charge in [0.1, 0.15) is 33.6 Å². The fraction of sp³-hybridized carbons (Fsp3) is 0.259. The maximum atomic E-state index is 13.4. The predicted octanol–water partition coefficient (Wildman–Crippen LogP) is 3.93. The zero-order chi connectivity index (χ0) is 26.9. The molecule has 9 nitrogen and oxygen atoms in total. The number of nitrogens with zero attached hydrogens (tertiary/aromatic N) is 1. The SMILES string of the molecule is CC1(C)Oc2ccc(C(=O)NCCc3ccccc3)cc2[C@@H](NS(=O)(=O)c2ccc(-c3ccon3)s2)[C@@H]1O. The molecule has 198 valence electrons. The molecule has 4 aromatic rings. The highest BCUT2D eigenvalue weighted by Crippen LogP contribution is 2.41. The molecule has 0 saturated carbocycles. The van der Waals surface area contributed by atoms with E-state index in [1.807, 2.05) is 30.3 Å². The van der Waals surface area contributed by atoms with Gasteiger partial charge in [-0.15, -0.1) is 11.3 Å². The molecule has 0 bridgehead atoms. The van der Waals surface area contributed by atoms with Gasteiger partial charge in [-0.3, -0.25) is 4.79 Å². The highest BCUT2D eigenvalue weighted by atomic mass is 32.2. The van der Waals surface area contributed by atoms with E-state index < -0.39 is 27.8 Å². The van der Waals surface area contributed by atoms with E-state index in [2.05, 4.69) is 15.2 Å². The van der Waals surface area contributed by atoms with E-state index in [9.17, 15) is 18.3 Å². The first-order valence-corrected chi connectivity index (χ1v) is 14.3. The first kappa shape index (κ1) is 26.1. The van der Waals surface area contributed by atoms with E-state index >= 15 is 0 Å². The summed E-state index contributed by atoms with van der Waals surface area (Å²) in [5, 5.41) is 17.9. The number of amides is 1. The van der Waals surface area contributed by atoms with Crippen LogP contribution in [0.1, 0.15) is 41.4 Å². The number of ether oxygens (including phenoxy) is 1. The molecule has 11 heteroatoms. The van der Waals surface area contributed by atoms with E-state index in [4.69, 9.17) is 9.26 Å². The Balaban J connectivity index is 1.38. The molecular formula is C27H27N3O6S2. The van der Waals surface area contributed by atoms with Gasteiger partial charge >= 0.3 is 0 Å². The molecule has 0 aliphatic carbocycles. The number of carbonyl (C=O) groups is 1. The number of aromatic nitrogens is 1. The van der Waals surface area contributed by atoms with E-state index in [0.717, 1.165) is 16.9 Å². The highest BCUT2D eigenvalue weighted by molar-refractivity contribution is 7.91. The molecule has 0 fully saturated rings. The third-order valence-electron chi connectivity index (χ3n) is 6.37. The lowest BCUT2D eigenvalue weighted by Gasteiger charge is -2.42. The molecule has 2 aromatic carbocycles. The molecule has 0 saturated heterocycles. The fourth-order valence-electron chi connectivity index (χ4n) is 4.30. The number of hydrogen-bond acceptors (Lipinski definition) is 8. The number of benzene rings is 2. The smallest absolute Gasteiger partial charge is 0.251 e. The van der Waals surface area contributed by atoms with Crippen molar-refractivity contribution in [1.29, 1.82) is 0 Å². The number of hydrogen-bond donors (Lipinski definition) is 3. The maximum Gasteiger partial charge on any atom is 0.251 e. The number of rotatable bonds is 8. The van der Waals surface area contributed by atoms with Gasteiger partial charge in [-0.2, -0.15) is 0 Å². The van der Waals surface area contributed by atoms with Crippen LogP contribution >= 0.6 is 11.3 Å². The summed E-state index contributed by atoms with van der Waals surface area (Å²) in [5.41, 5.74) is 1.26. The quantitative estimate of drug-likeness (QED) is 0.301. The van der Waals surface area contributed by atoms with Crippen LogP contribution in [-0.4, -0.2) is 42.8 Å². The number of carbonyl (C=O) groups excluding carboxylic acids is 1. The summed E-state index contributed by atoms with van der Waals surface area (Å²) in [6.07, 6.45) is 0.859. The van der Waals surface area contributed by atoms with Crippen molar-refractivity contribution in [3.8, 4) is 16.3 Å². The van der Waals surface area contributed by atoms with Crippen LogP contribution in [0.3, 0.4) is 0 Å². The van der Waals surface area contributed by atoms with E-state index in [1.54, 1.807) is 44.2 Å². The second-order valence-corrected chi connectivity index (χ2v) is 12.5. The average molecular weight is 554 g/mol. The van der Waals surface area contributed by atoms with Crippen molar-refractivity contribution in [2.24, 2.45) is 0 Å². The normalized spacial score (nSPS) is 18.4. The van der Waals surface area contributed by atoms with Crippen LogP contribution in [0.15, 0.2) is 81.7 Å². The molecule has 1 amide bonds. The monoisotopic (exact) mass is 553 g/mol. The van der Waals surface area contributed by atoms with E-state index in [-0.39, 0.29) is 10.1 Å². The van der Waals surface area contributed by atoms with Crippen LogP contribution in [0.4, 0.5) is 0 Å². The Kier molecular flexibility index (Phi) is 7.10. The summed E-state index contributed by atoms with van der Waals surface area (Å²) in [5.74, 6) is 0.0865. The third-order valence-corrected chi connectivity index (χ3v) is 9.41. The molecule has 3 N–H and O–H groups in total. The van der Waals surface area contributed by atoms with E-state index in [1.165, 1.54) is 12.3 Å². The van der Waals surface area contributed by atoms with Crippen molar-refractivity contribution >= 4 is 27.3 Å². The zero-order valence-electron chi connectivity index (χ0n) is 20.7.